The summed E-state index contributed by atoms with van der Waals surface area (Å²) in [7, 11) is 0. The number of hydrogen-bond acceptors (Lipinski definition) is 3. The van der Waals surface area contributed by atoms with Crippen molar-refractivity contribution in [2.24, 2.45) is 5.73 Å². The quantitative estimate of drug-likeness (QED) is 0.828. The van der Waals surface area contributed by atoms with Gasteiger partial charge in [-0.2, -0.15) is 0 Å². The first-order valence-electron chi connectivity index (χ1n) is 6.26. The first kappa shape index (κ1) is 13.8. The summed E-state index contributed by atoms with van der Waals surface area (Å²) in [6.07, 6.45) is 1.93. The first-order valence-corrected chi connectivity index (χ1v) is 6.26. The molecule has 0 atom stereocenters. The van der Waals surface area contributed by atoms with Crippen molar-refractivity contribution in [1.82, 2.24) is 4.98 Å². The second-order valence-corrected chi connectivity index (χ2v) is 4.15. The van der Waals surface area contributed by atoms with E-state index in [0.717, 1.165) is 11.1 Å². The van der Waals surface area contributed by atoms with Crippen LogP contribution in [-0.2, 0) is 11.2 Å². The third-order valence-corrected chi connectivity index (χ3v) is 2.57. The van der Waals surface area contributed by atoms with E-state index < -0.39 is 0 Å². The lowest BCUT2D eigenvalue weighted by Crippen LogP contribution is -2.15. The van der Waals surface area contributed by atoms with E-state index in [2.05, 4.69) is 22.1 Å². The number of anilines is 1. The normalized spacial score (nSPS) is 9.45. The fraction of sp³-hybridized carbons (Fsp3) is 0.125. The number of benzene rings is 1. The average molecular weight is 265 g/mol. The van der Waals surface area contributed by atoms with Gasteiger partial charge in [-0.1, -0.05) is 42.2 Å². The number of aromatic nitrogens is 1. The maximum absolute atomic E-state index is 11.9. The number of rotatable bonds is 3. The summed E-state index contributed by atoms with van der Waals surface area (Å²) in [4.78, 5) is 16.0. The van der Waals surface area contributed by atoms with Crippen LogP contribution in [0.1, 0.15) is 11.1 Å². The molecule has 20 heavy (non-hydrogen) atoms. The largest absolute Gasteiger partial charge is 0.320 e. The molecule has 4 nitrogen and oxygen atoms in total. The Kier molecular flexibility index (Phi) is 4.87. The molecule has 2 rings (SSSR count). The van der Waals surface area contributed by atoms with E-state index in [-0.39, 0.29) is 5.91 Å². The standard InChI is InChI=1S/C16H15N3O/c17-9-4-7-14-8-10-18-15(11-14)19-16(20)12-13-5-2-1-3-6-13/h1-3,5-6,8,10-11H,9,12,17H2,(H,18,19,20). The highest BCUT2D eigenvalue weighted by molar-refractivity contribution is 5.91. The van der Waals surface area contributed by atoms with Gasteiger partial charge < -0.3 is 11.1 Å². The molecule has 0 unspecified atom stereocenters. The molecule has 0 fully saturated rings. The third kappa shape index (κ3) is 4.23. The van der Waals surface area contributed by atoms with Crippen molar-refractivity contribution >= 4 is 11.7 Å². The van der Waals surface area contributed by atoms with Crippen LogP contribution in [0.15, 0.2) is 48.7 Å². The van der Waals surface area contributed by atoms with E-state index in [1.54, 1.807) is 18.3 Å². The van der Waals surface area contributed by atoms with Crippen molar-refractivity contribution in [2.45, 2.75) is 6.42 Å². The lowest BCUT2D eigenvalue weighted by Gasteiger charge is -2.04. The van der Waals surface area contributed by atoms with Crippen LogP contribution >= 0.6 is 0 Å². The van der Waals surface area contributed by atoms with Gasteiger partial charge in [0.1, 0.15) is 5.82 Å². The van der Waals surface area contributed by atoms with Crippen LogP contribution in [0.5, 0.6) is 0 Å². The highest BCUT2D eigenvalue weighted by atomic mass is 16.1. The molecule has 0 aliphatic heterocycles. The predicted molar refractivity (Wildman–Crippen MR) is 78.9 cm³/mol. The molecule has 1 aromatic heterocycles. The fourth-order valence-electron chi connectivity index (χ4n) is 1.70. The molecule has 0 saturated carbocycles. The van der Waals surface area contributed by atoms with Gasteiger partial charge in [-0.05, 0) is 17.7 Å². The Morgan fingerprint density at radius 2 is 2.05 bits per heavy atom. The molecule has 1 amide bonds. The minimum atomic E-state index is -0.104. The van der Waals surface area contributed by atoms with Gasteiger partial charge in [0.2, 0.25) is 5.91 Å². The highest BCUT2D eigenvalue weighted by Gasteiger charge is 2.04. The molecule has 0 saturated heterocycles. The molecule has 1 heterocycles. The van der Waals surface area contributed by atoms with Gasteiger partial charge in [-0.3, -0.25) is 4.79 Å². The van der Waals surface area contributed by atoms with Crippen LogP contribution in [0, 0.1) is 11.8 Å². The van der Waals surface area contributed by atoms with Gasteiger partial charge in [0.15, 0.2) is 0 Å². The zero-order valence-corrected chi connectivity index (χ0v) is 11.0. The van der Waals surface area contributed by atoms with Crippen LogP contribution in [0.25, 0.3) is 0 Å². The maximum Gasteiger partial charge on any atom is 0.229 e. The van der Waals surface area contributed by atoms with E-state index in [0.29, 0.717) is 18.8 Å². The summed E-state index contributed by atoms with van der Waals surface area (Å²) in [5.74, 6) is 6.05. The number of hydrogen-bond donors (Lipinski definition) is 2. The van der Waals surface area contributed by atoms with Crippen molar-refractivity contribution in [2.75, 3.05) is 11.9 Å². The van der Waals surface area contributed by atoms with E-state index in [9.17, 15) is 4.79 Å². The Labute approximate surface area is 118 Å². The second-order valence-electron chi connectivity index (χ2n) is 4.15. The summed E-state index contributed by atoms with van der Waals surface area (Å²) >= 11 is 0. The van der Waals surface area contributed by atoms with Gasteiger partial charge in [-0.15, -0.1) is 0 Å². The number of pyridine rings is 1. The smallest absolute Gasteiger partial charge is 0.229 e. The lowest BCUT2D eigenvalue weighted by atomic mass is 10.1. The third-order valence-electron chi connectivity index (χ3n) is 2.57. The molecule has 4 heteroatoms. The van der Waals surface area contributed by atoms with Crippen molar-refractivity contribution < 1.29 is 4.79 Å². The van der Waals surface area contributed by atoms with E-state index in [1.165, 1.54) is 0 Å². The Bertz CT molecular complexity index is 642. The zero-order chi connectivity index (χ0) is 14.2. The molecule has 100 valence electrons. The molecule has 1 aromatic carbocycles. The topological polar surface area (TPSA) is 68.0 Å². The minimum absolute atomic E-state index is 0.104. The number of nitrogens with two attached hydrogens (primary N) is 1. The summed E-state index contributed by atoms with van der Waals surface area (Å²) in [5.41, 5.74) is 7.06. The molecule has 0 spiro atoms. The molecule has 0 bridgehead atoms. The SMILES string of the molecule is NCC#Cc1ccnc(NC(=O)Cc2ccccc2)c1. The number of nitrogens with zero attached hydrogens (tertiary/aromatic N) is 1. The lowest BCUT2D eigenvalue weighted by molar-refractivity contribution is -0.115. The maximum atomic E-state index is 11.9. The van der Waals surface area contributed by atoms with Crippen LogP contribution < -0.4 is 11.1 Å². The number of carbonyl (C=O) groups excluding carboxylic acids is 1. The minimum Gasteiger partial charge on any atom is -0.320 e. The molecule has 0 radical (unpaired) electrons. The first-order chi connectivity index (χ1) is 9.78. The molecule has 0 aliphatic carbocycles. The van der Waals surface area contributed by atoms with Crippen LogP contribution in [0.2, 0.25) is 0 Å². The van der Waals surface area contributed by atoms with Gasteiger partial charge in [0, 0.05) is 11.8 Å². The Morgan fingerprint density at radius 1 is 1.25 bits per heavy atom. The van der Waals surface area contributed by atoms with Crippen LogP contribution in [-0.4, -0.2) is 17.4 Å². The summed E-state index contributed by atoms with van der Waals surface area (Å²) in [6, 6.07) is 13.1. The van der Waals surface area contributed by atoms with Gasteiger partial charge >= 0.3 is 0 Å². The average Bonchev–Trinajstić information content (AvgIpc) is 2.46. The molecular weight excluding hydrogens is 250 g/mol. The Hall–Kier alpha value is -2.64. The predicted octanol–water partition coefficient (Wildman–Crippen LogP) is 1.57. The second kappa shape index (κ2) is 7.07. The Morgan fingerprint density at radius 3 is 2.80 bits per heavy atom. The Balaban J connectivity index is 2.01. The van der Waals surface area contributed by atoms with Crippen LogP contribution in [0.3, 0.4) is 0 Å². The fourth-order valence-corrected chi connectivity index (χ4v) is 1.70. The summed E-state index contributed by atoms with van der Waals surface area (Å²) < 4.78 is 0. The van der Waals surface area contributed by atoms with E-state index in [1.807, 2.05) is 30.3 Å². The monoisotopic (exact) mass is 265 g/mol. The molecule has 0 aliphatic rings. The van der Waals surface area contributed by atoms with Crippen molar-refractivity contribution in [3.63, 3.8) is 0 Å². The van der Waals surface area contributed by atoms with E-state index in [4.69, 9.17) is 5.73 Å². The van der Waals surface area contributed by atoms with Crippen LogP contribution in [0.4, 0.5) is 5.82 Å². The zero-order valence-electron chi connectivity index (χ0n) is 11.0. The van der Waals surface area contributed by atoms with Crippen molar-refractivity contribution in [1.29, 1.82) is 0 Å². The highest BCUT2D eigenvalue weighted by Crippen LogP contribution is 2.07. The number of amides is 1. The van der Waals surface area contributed by atoms with E-state index >= 15 is 0 Å². The van der Waals surface area contributed by atoms with Crippen molar-refractivity contribution in [3.05, 3.63) is 59.8 Å². The molecule has 2 aromatic rings. The molecule has 3 N–H and O–H groups in total. The van der Waals surface area contributed by atoms with Gasteiger partial charge in [-0.25, -0.2) is 4.98 Å². The number of carbonyl (C=O) groups is 1. The summed E-state index contributed by atoms with van der Waals surface area (Å²) in [5, 5.41) is 2.76. The molecular formula is C16H15N3O. The van der Waals surface area contributed by atoms with Gasteiger partial charge in [0.25, 0.3) is 0 Å². The summed E-state index contributed by atoms with van der Waals surface area (Å²) in [6.45, 7) is 0.304. The number of nitrogens with one attached hydrogen (secondary N) is 1. The van der Waals surface area contributed by atoms with Crippen molar-refractivity contribution in [3.8, 4) is 11.8 Å². The van der Waals surface area contributed by atoms with Gasteiger partial charge in [0.05, 0.1) is 13.0 Å².